The van der Waals surface area contributed by atoms with Crippen LogP contribution in [0.2, 0.25) is 0 Å². The average Bonchev–Trinajstić information content (AvgIpc) is 2.32. The average molecular weight is 280 g/mol. The Morgan fingerprint density at radius 2 is 1.95 bits per heavy atom. The molecule has 0 spiro atoms. The largest absolute Gasteiger partial charge is 0.508 e. The number of ether oxygens (including phenoxy) is 2. The van der Waals surface area contributed by atoms with E-state index in [4.69, 9.17) is 14.6 Å². The number of hydrogen-bond donors (Lipinski definition) is 2. The van der Waals surface area contributed by atoms with Crippen molar-refractivity contribution in [2.24, 2.45) is 0 Å². The molecule has 0 radical (unpaired) electrons. The maximum Gasteiger partial charge on any atom is 0.339 e. The van der Waals surface area contributed by atoms with Crippen LogP contribution >= 0.6 is 0 Å². The van der Waals surface area contributed by atoms with E-state index >= 15 is 0 Å². The van der Waals surface area contributed by atoms with Gasteiger partial charge in [0.05, 0.1) is 0 Å². The highest BCUT2D eigenvalue weighted by Crippen LogP contribution is 2.27. The molecule has 6 nitrogen and oxygen atoms in total. The van der Waals surface area contributed by atoms with Crippen LogP contribution < -0.4 is 4.74 Å². The lowest BCUT2D eigenvalue weighted by Gasteiger charge is -2.12. The van der Waals surface area contributed by atoms with Crippen LogP contribution in [0.1, 0.15) is 22.8 Å². The van der Waals surface area contributed by atoms with Crippen molar-refractivity contribution >= 4 is 11.9 Å². The molecule has 0 amide bonds. The molecule has 0 aromatic heterocycles. The first-order chi connectivity index (χ1) is 9.32. The molecule has 0 bridgehead atoms. The molecule has 0 aliphatic carbocycles. The lowest BCUT2D eigenvalue weighted by Crippen LogP contribution is -2.14. The molecule has 108 valence electrons. The number of carboxylic acid groups (broad SMARTS) is 1. The summed E-state index contributed by atoms with van der Waals surface area (Å²) in [5.74, 6) is -1.77. The molecule has 1 aromatic carbocycles. The van der Waals surface area contributed by atoms with Crippen LogP contribution in [0.25, 0.3) is 0 Å². The summed E-state index contributed by atoms with van der Waals surface area (Å²) in [6.07, 6.45) is 0. The Morgan fingerprint density at radius 1 is 1.30 bits per heavy atom. The summed E-state index contributed by atoms with van der Waals surface area (Å²) < 4.78 is 10.1. The van der Waals surface area contributed by atoms with Gasteiger partial charge in [-0.15, -0.1) is 0 Å². The Kier molecular flexibility index (Phi) is 5.14. The predicted molar refractivity (Wildman–Crippen MR) is 71.1 cm³/mol. The number of hydrogen-bond acceptors (Lipinski definition) is 5. The first-order valence-corrected chi connectivity index (χ1v) is 5.85. The van der Waals surface area contributed by atoms with E-state index in [1.807, 2.05) is 0 Å². The van der Waals surface area contributed by atoms with Crippen molar-refractivity contribution in [2.75, 3.05) is 13.2 Å². The Hall–Kier alpha value is -2.50. The maximum absolute atomic E-state index is 11.1. The van der Waals surface area contributed by atoms with Crippen molar-refractivity contribution in [1.82, 2.24) is 0 Å². The van der Waals surface area contributed by atoms with Crippen molar-refractivity contribution in [3.8, 4) is 11.5 Å². The van der Waals surface area contributed by atoms with Gasteiger partial charge in [-0.25, -0.2) is 9.59 Å². The van der Waals surface area contributed by atoms with Crippen molar-refractivity contribution in [3.05, 3.63) is 35.4 Å². The summed E-state index contributed by atoms with van der Waals surface area (Å²) in [6.45, 7) is 6.43. The van der Waals surface area contributed by atoms with Gasteiger partial charge in [-0.05, 0) is 25.5 Å². The number of esters is 1. The molecule has 0 fully saturated rings. The van der Waals surface area contributed by atoms with Crippen molar-refractivity contribution in [3.63, 3.8) is 0 Å². The van der Waals surface area contributed by atoms with Crippen molar-refractivity contribution in [2.45, 2.75) is 13.8 Å². The summed E-state index contributed by atoms with van der Waals surface area (Å²) in [4.78, 5) is 22.3. The zero-order chi connectivity index (χ0) is 15.3. The second-order valence-corrected chi connectivity index (χ2v) is 4.21. The molecule has 6 heteroatoms. The third-order valence-electron chi connectivity index (χ3n) is 2.42. The first-order valence-electron chi connectivity index (χ1n) is 5.85. The van der Waals surface area contributed by atoms with E-state index in [0.717, 1.165) is 0 Å². The number of aryl methyl sites for hydroxylation is 1. The van der Waals surface area contributed by atoms with E-state index in [2.05, 4.69) is 6.58 Å². The summed E-state index contributed by atoms with van der Waals surface area (Å²) in [5.41, 5.74) is 0.616. The summed E-state index contributed by atoms with van der Waals surface area (Å²) in [5, 5.41) is 18.5. The minimum absolute atomic E-state index is 0.0256. The van der Waals surface area contributed by atoms with Crippen LogP contribution in [0, 0.1) is 6.92 Å². The molecule has 2 N–H and O–H groups in total. The molecule has 0 unspecified atom stereocenters. The van der Waals surface area contributed by atoms with Crippen LogP contribution in [-0.4, -0.2) is 35.4 Å². The SMILES string of the molecule is C=C(C)C(=O)OCCOc1cc(O)cc(C)c1C(=O)O. The van der Waals surface area contributed by atoms with Gasteiger partial charge < -0.3 is 19.7 Å². The number of phenolic OH excluding ortho intramolecular Hbond substituents is 1. The van der Waals surface area contributed by atoms with Gasteiger partial charge in [-0.3, -0.25) is 0 Å². The van der Waals surface area contributed by atoms with E-state index in [1.54, 1.807) is 6.92 Å². The fraction of sp³-hybridized carbons (Fsp3) is 0.286. The van der Waals surface area contributed by atoms with Crippen LogP contribution in [0.4, 0.5) is 0 Å². The molecule has 0 saturated heterocycles. The van der Waals surface area contributed by atoms with Crippen LogP contribution in [0.5, 0.6) is 11.5 Å². The van der Waals surface area contributed by atoms with Gasteiger partial charge in [0.1, 0.15) is 30.3 Å². The molecular weight excluding hydrogens is 264 g/mol. The third kappa shape index (κ3) is 4.01. The van der Waals surface area contributed by atoms with Gasteiger partial charge in [0.25, 0.3) is 0 Å². The Morgan fingerprint density at radius 3 is 2.50 bits per heavy atom. The highest BCUT2D eigenvalue weighted by Gasteiger charge is 2.16. The number of carbonyl (C=O) groups excluding carboxylic acids is 1. The molecule has 0 aliphatic heterocycles. The number of rotatable bonds is 6. The fourth-order valence-electron chi connectivity index (χ4n) is 1.53. The van der Waals surface area contributed by atoms with Gasteiger partial charge in [-0.2, -0.15) is 0 Å². The van der Waals surface area contributed by atoms with Crippen molar-refractivity contribution in [1.29, 1.82) is 0 Å². The zero-order valence-corrected chi connectivity index (χ0v) is 11.3. The van der Waals surface area contributed by atoms with E-state index in [0.29, 0.717) is 5.56 Å². The predicted octanol–water partition coefficient (Wildman–Crippen LogP) is 1.90. The highest BCUT2D eigenvalue weighted by atomic mass is 16.6. The summed E-state index contributed by atoms with van der Waals surface area (Å²) in [7, 11) is 0. The van der Waals surface area contributed by atoms with E-state index in [9.17, 15) is 14.7 Å². The number of carbonyl (C=O) groups is 2. The van der Waals surface area contributed by atoms with E-state index < -0.39 is 11.9 Å². The molecule has 20 heavy (non-hydrogen) atoms. The number of benzene rings is 1. The number of phenols is 1. The third-order valence-corrected chi connectivity index (χ3v) is 2.42. The smallest absolute Gasteiger partial charge is 0.339 e. The second-order valence-electron chi connectivity index (χ2n) is 4.21. The molecule has 0 atom stereocenters. The molecule has 0 heterocycles. The quantitative estimate of drug-likeness (QED) is 0.469. The lowest BCUT2D eigenvalue weighted by atomic mass is 10.1. The van der Waals surface area contributed by atoms with Gasteiger partial charge in [0.15, 0.2) is 0 Å². The minimum Gasteiger partial charge on any atom is -0.508 e. The zero-order valence-electron chi connectivity index (χ0n) is 11.3. The van der Waals surface area contributed by atoms with Gasteiger partial charge in [0, 0.05) is 11.6 Å². The Labute approximate surface area is 116 Å². The highest BCUT2D eigenvalue weighted by molar-refractivity contribution is 5.93. The standard InChI is InChI=1S/C14H16O6/c1-8(2)14(18)20-5-4-19-11-7-10(15)6-9(3)12(11)13(16)17/h6-7,15H,1,4-5H2,2-3H3,(H,16,17). The number of aromatic hydroxyl groups is 1. The fourth-order valence-corrected chi connectivity index (χ4v) is 1.53. The maximum atomic E-state index is 11.1. The van der Waals surface area contributed by atoms with Gasteiger partial charge in [0.2, 0.25) is 0 Å². The number of aromatic carboxylic acids is 1. The molecule has 0 saturated carbocycles. The van der Waals surface area contributed by atoms with E-state index in [1.165, 1.54) is 19.1 Å². The second kappa shape index (κ2) is 6.60. The van der Waals surface area contributed by atoms with Gasteiger partial charge >= 0.3 is 11.9 Å². The molecule has 0 aliphatic rings. The monoisotopic (exact) mass is 280 g/mol. The van der Waals surface area contributed by atoms with Crippen molar-refractivity contribution < 1.29 is 29.3 Å². The lowest BCUT2D eigenvalue weighted by molar-refractivity contribution is -0.139. The van der Waals surface area contributed by atoms with Crippen LogP contribution in [-0.2, 0) is 9.53 Å². The molecule has 1 aromatic rings. The normalized spacial score (nSPS) is 9.90. The van der Waals surface area contributed by atoms with Crippen LogP contribution in [0.3, 0.4) is 0 Å². The minimum atomic E-state index is -1.16. The van der Waals surface area contributed by atoms with Gasteiger partial charge in [-0.1, -0.05) is 6.58 Å². The van der Waals surface area contributed by atoms with Crippen LogP contribution in [0.15, 0.2) is 24.3 Å². The summed E-state index contributed by atoms with van der Waals surface area (Å²) in [6, 6.07) is 2.54. The topological polar surface area (TPSA) is 93.1 Å². The Balaban J connectivity index is 2.70. The molecular formula is C14H16O6. The Bertz CT molecular complexity index is 547. The summed E-state index contributed by atoms with van der Waals surface area (Å²) >= 11 is 0. The molecule has 1 rings (SSSR count). The van der Waals surface area contributed by atoms with E-state index in [-0.39, 0.29) is 35.8 Å². The first kappa shape index (κ1) is 15.6. The number of carboxylic acids is 1.